The van der Waals surface area contributed by atoms with Gasteiger partial charge in [0.05, 0.1) is 6.42 Å². The zero-order valence-electron chi connectivity index (χ0n) is 12.5. The van der Waals surface area contributed by atoms with Crippen LogP contribution in [0.1, 0.15) is 17.7 Å². The molecular formula is C16H21N3O2. The summed E-state index contributed by atoms with van der Waals surface area (Å²) in [6.45, 7) is 3.33. The molecule has 0 radical (unpaired) electrons. The summed E-state index contributed by atoms with van der Waals surface area (Å²) in [5, 5.41) is 13.1. The lowest BCUT2D eigenvalue weighted by molar-refractivity contribution is -0.136. The Morgan fingerprint density at radius 1 is 1.24 bits per heavy atom. The summed E-state index contributed by atoms with van der Waals surface area (Å²) < 4.78 is 1.85. The second-order valence-electron chi connectivity index (χ2n) is 5.16. The van der Waals surface area contributed by atoms with Gasteiger partial charge in [-0.25, -0.2) is 0 Å². The molecule has 1 aromatic carbocycles. The zero-order chi connectivity index (χ0) is 15.2. The van der Waals surface area contributed by atoms with Gasteiger partial charge < -0.3 is 10.0 Å². The van der Waals surface area contributed by atoms with Gasteiger partial charge in [0.1, 0.15) is 0 Å². The van der Waals surface area contributed by atoms with E-state index >= 15 is 0 Å². The molecule has 0 aliphatic carbocycles. The highest BCUT2D eigenvalue weighted by molar-refractivity contribution is 5.67. The Bertz CT molecular complexity index is 590. The van der Waals surface area contributed by atoms with Crippen molar-refractivity contribution in [1.29, 1.82) is 0 Å². The molecule has 0 unspecified atom stereocenters. The van der Waals surface area contributed by atoms with Gasteiger partial charge in [-0.1, -0.05) is 17.7 Å². The normalized spacial score (nSPS) is 10.6. The number of nitrogens with zero attached hydrogens (tertiary/aromatic N) is 3. The van der Waals surface area contributed by atoms with Gasteiger partial charge in [0.25, 0.3) is 0 Å². The fraction of sp³-hybridized carbons (Fsp3) is 0.375. The van der Waals surface area contributed by atoms with E-state index in [-0.39, 0.29) is 6.42 Å². The number of aryl methyl sites for hydroxylation is 2. The molecule has 0 atom stereocenters. The minimum atomic E-state index is -0.771. The van der Waals surface area contributed by atoms with Crippen molar-refractivity contribution >= 4 is 11.7 Å². The SMILES string of the molecule is Cc1ccc(N(CCC(=O)O)CCc2ccnn2C)cc1. The van der Waals surface area contributed by atoms with Crippen LogP contribution in [0.4, 0.5) is 5.69 Å². The average molecular weight is 287 g/mol. The second kappa shape index (κ2) is 6.92. The lowest BCUT2D eigenvalue weighted by atomic mass is 10.2. The minimum Gasteiger partial charge on any atom is -0.481 e. The minimum absolute atomic E-state index is 0.138. The van der Waals surface area contributed by atoms with Crippen LogP contribution in [-0.2, 0) is 18.3 Å². The fourth-order valence-corrected chi connectivity index (χ4v) is 2.25. The van der Waals surface area contributed by atoms with Crippen LogP contribution in [-0.4, -0.2) is 33.9 Å². The van der Waals surface area contributed by atoms with Crippen molar-refractivity contribution in [2.24, 2.45) is 7.05 Å². The largest absolute Gasteiger partial charge is 0.481 e. The lowest BCUT2D eigenvalue weighted by Crippen LogP contribution is -2.28. The Hall–Kier alpha value is -2.30. The third-order valence-electron chi connectivity index (χ3n) is 3.56. The quantitative estimate of drug-likeness (QED) is 0.848. The summed E-state index contributed by atoms with van der Waals surface area (Å²) in [5.41, 5.74) is 3.40. The first-order valence-corrected chi connectivity index (χ1v) is 7.06. The first kappa shape index (κ1) is 15.1. The number of hydrogen-bond donors (Lipinski definition) is 1. The van der Waals surface area contributed by atoms with Gasteiger partial charge in [0.15, 0.2) is 0 Å². The molecule has 1 heterocycles. The third-order valence-corrected chi connectivity index (χ3v) is 3.56. The van der Waals surface area contributed by atoms with E-state index < -0.39 is 5.97 Å². The molecule has 2 aromatic rings. The zero-order valence-corrected chi connectivity index (χ0v) is 12.5. The number of carbonyl (C=O) groups is 1. The predicted molar refractivity (Wildman–Crippen MR) is 82.6 cm³/mol. The summed E-state index contributed by atoms with van der Waals surface area (Å²) in [4.78, 5) is 12.9. The molecule has 5 heteroatoms. The van der Waals surface area contributed by atoms with Crippen molar-refractivity contribution in [2.75, 3.05) is 18.0 Å². The molecule has 0 amide bonds. The highest BCUT2D eigenvalue weighted by Crippen LogP contribution is 2.16. The van der Waals surface area contributed by atoms with Gasteiger partial charge >= 0.3 is 5.97 Å². The smallest absolute Gasteiger partial charge is 0.305 e. The molecule has 21 heavy (non-hydrogen) atoms. The van der Waals surface area contributed by atoms with Gasteiger partial charge in [-0.05, 0) is 25.1 Å². The summed E-state index contributed by atoms with van der Waals surface area (Å²) in [6.07, 6.45) is 2.76. The number of rotatable bonds is 7. The fourth-order valence-electron chi connectivity index (χ4n) is 2.25. The molecule has 0 fully saturated rings. The van der Waals surface area contributed by atoms with Gasteiger partial charge in [0, 0.05) is 44.1 Å². The van der Waals surface area contributed by atoms with Gasteiger partial charge in [-0.3, -0.25) is 9.48 Å². The van der Waals surface area contributed by atoms with Crippen molar-refractivity contribution in [2.45, 2.75) is 19.8 Å². The maximum atomic E-state index is 10.8. The van der Waals surface area contributed by atoms with Crippen molar-refractivity contribution in [1.82, 2.24) is 9.78 Å². The molecule has 0 aliphatic rings. The summed E-state index contributed by atoms with van der Waals surface area (Å²) in [6, 6.07) is 10.2. The van der Waals surface area contributed by atoms with Crippen LogP contribution in [0.15, 0.2) is 36.5 Å². The number of aromatic nitrogens is 2. The van der Waals surface area contributed by atoms with Crippen molar-refractivity contribution in [3.63, 3.8) is 0 Å². The highest BCUT2D eigenvalue weighted by Gasteiger charge is 2.10. The van der Waals surface area contributed by atoms with Gasteiger partial charge in [-0.2, -0.15) is 5.10 Å². The first-order chi connectivity index (χ1) is 10.1. The standard InChI is InChI=1S/C16H21N3O2/c1-13-3-5-15(6-4-13)19(12-9-16(20)21)11-8-14-7-10-17-18(14)2/h3-7,10H,8-9,11-12H2,1-2H3,(H,20,21). The average Bonchev–Trinajstić information content (AvgIpc) is 2.85. The summed E-state index contributed by atoms with van der Waals surface area (Å²) in [5.74, 6) is -0.771. The van der Waals surface area contributed by atoms with Gasteiger partial charge in [0.2, 0.25) is 0 Å². The van der Waals surface area contributed by atoms with Crippen LogP contribution >= 0.6 is 0 Å². The van der Waals surface area contributed by atoms with Crippen LogP contribution in [0.25, 0.3) is 0 Å². The number of benzene rings is 1. The number of carboxylic acids is 1. The van der Waals surface area contributed by atoms with Crippen LogP contribution < -0.4 is 4.90 Å². The van der Waals surface area contributed by atoms with E-state index in [1.807, 2.05) is 49.0 Å². The van der Waals surface area contributed by atoms with Crippen molar-refractivity contribution in [3.05, 3.63) is 47.8 Å². The number of anilines is 1. The number of carboxylic acid groups (broad SMARTS) is 1. The summed E-state index contributed by atoms with van der Waals surface area (Å²) in [7, 11) is 1.92. The molecule has 1 N–H and O–H groups in total. The molecule has 1 aromatic heterocycles. The lowest BCUT2D eigenvalue weighted by Gasteiger charge is -2.24. The molecule has 0 bridgehead atoms. The molecule has 0 saturated carbocycles. The van der Waals surface area contributed by atoms with Crippen LogP contribution in [0.3, 0.4) is 0 Å². The molecule has 2 rings (SSSR count). The van der Waals surface area contributed by atoms with E-state index in [4.69, 9.17) is 5.11 Å². The van der Waals surface area contributed by atoms with Crippen molar-refractivity contribution < 1.29 is 9.90 Å². The maximum Gasteiger partial charge on any atom is 0.305 e. The van der Waals surface area contributed by atoms with Crippen molar-refractivity contribution in [3.8, 4) is 0 Å². The Morgan fingerprint density at radius 2 is 1.95 bits per heavy atom. The Labute approximate surface area is 124 Å². The number of aliphatic carboxylic acids is 1. The van der Waals surface area contributed by atoms with E-state index in [0.29, 0.717) is 6.54 Å². The molecule has 112 valence electrons. The molecule has 0 spiro atoms. The van der Waals surface area contributed by atoms with Crippen LogP contribution in [0, 0.1) is 6.92 Å². The molecular weight excluding hydrogens is 266 g/mol. The van der Waals surface area contributed by atoms with E-state index in [0.717, 1.165) is 24.3 Å². The topological polar surface area (TPSA) is 58.4 Å². The first-order valence-electron chi connectivity index (χ1n) is 7.06. The summed E-state index contributed by atoms with van der Waals surface area (Å²) >= 11 is 0. The molecule has 0 aliphatic heterocycles. The van der Waals surface area contributed by atoms with E-state index in [2.05, 4.69) is 10.00 Å². The Balaban J connectivity index is 2.06. The predicted octanol–water partition coefficient (Wildman–Crippen LogP) is 2.25. The highest BCUT2D eigenvalue weighted by atomic mass is 16.4. The third kappa shape index (κ3) is 4.34. The van der Waals surface area contributed by atoms with E-state index in [1.54, 1.807) is 6.20 Å². The monoisotopic (exact) mass is 287 g/mol. The Morgan fingerprint density at radius 3 is 2.52 bits per heavy atom. The molecule has 0 saturated heterocycles. The number of hydrogen-bond acceptors (Lipinski definition) is 3. The van der Waals surface area contributed by atoms with E-state index in [1.165, 1.54) is 5.56 Å². The maximum absolute atomic E-state index is 10.8. The van der Waals surface area contributed by atoms with Crippen LogP contribution in [0.2, 0.25) is 0 Å². The van der Waals surface area contributed by atoms with E-state index in [9.17, 15) is 4.79 Å². The van der Waals surface area contributed by atoms with Gasteiger partial charge in [-0.15, -0.1) is 0 Å². The Kier molecular flexibility index (Phi) is 4.98. The van der Waals surface area contributed by atoms with Crippen LogP contribution in [0.5, 0.6) is 0 Å². The second-order valence-corrected chi connectivity index (χ2v) is 5.16. The molecule has 5 nitrogen and oxygen atoms in total.